The first-order valence-corrected chi connectivity index (χ1v) is 7.22. The van der Waals surface area contributed by atoms with Crippen molar-refractivity contribution in [3.8, 4) is 0 Å². The fraction of sp³-hybridized carbons (Fsp3) is 0.933. The molecule has 0 heterocycles. The lowest BCUT2D eigenvalue weighted by Gasteiger charge is -2.31. The van der Waals surface area contributed by atoms with Crippen LogP contribution in [0.2, 0.25) is 0 Å². The smallest absolute Gasteiger partial charge is 0.138 e. The van der Waals surface area contributed by atoms with Crippen LogP contribution in [0.1, 0.15) is 65.2 Å². The number of rotatable bonds is 5. The Bertz CT molecular complexity index is 240. The van der Waals surface area contributed by atoms with Gasteiger partial charge in [0.2, 0.25) is 0 Å². The molecule has 1 heteroatoms. The SMILES string of the molecule is CC(C)C(=O)C1CCCCC1CCC1CC1. The second-order valence-corrected chi connectivity index (χ2v) is 6.23. The van der Waals surface area contributed by atoms with Gasteiger partial charge in [0, 0.05) is 11.8 Å². The molecule has 0 N–H and O–H groups in total. The van der Waals surface area contributed by atoms with Crippen LogP contribution in [0.25, 0.3) is 0 Å². The highest BCUT2D eigenvalue weighted by Crippen LogP contribution is 2.40. The van der Waals surface area contributed by atoms with Gasteiger partial charge in [0.15, 0.2) is 0 Å². The van der Waals surface area contributed by atoms with E-state index in [-0.39, 0.29) is 5.92 Å². The number of carbonyl (C=O) groups excluding carboxylic acids is 1. The molecule has 2 atom stereocenters. The molecule has 16 heavy (non-hydrogen) atoms. The van der Waals surface area contributed by atoms with Gasteiger partial charge in [-0.15, -0.1) is 0 Å². The predicted octanol–water partition coefficient (Wildman–Crippen LogP) is 4.21. The van der Waals surface area contributed by atoms with E-state index in [1.165, 1.54) is 51.4 Å². The molecule has 2 aliphatic carbocycles. The molecular weight excluding hydrogens is 196 g/mol. The van der Waals surface area contributed by atoms with E-state index in [0.717, 1.165) is 11.8 Å². The van der Waals surface area contributed by atoms with Gasteiger partial charge in [0.1, 0.15) is 5.78 Å². The predicted molar refractivity (Wildman–Crippen MR) is 67.3 cm³/mol. The van der Waals surface area contributed by atoms with Crippen LogP contribution >= 0.6 is 0 Å². The van der Waals surface area contributed by atoms with Gasteiger partial charge in [-0.05, 0) is 31.1 Å². The molecule has 0 aliphatic heterocycles. The summed E-state index contributed by atoms with van der Waals surface area (Å²) in [5.41, 5.74) is 0. The first kappa shape index (κ1) is 12.1. The summed E-state index contributed by atoms with van der Waals surface area (Å²) in [5, 5.41) is 0. The minimum absolute atomic E-state index is 0.242. The van der Waals surface area contributed by atoms with Crippen LogP contribution in [0.15, 0.2) is 0 Å². The Kier molecular flexibility index (Phi) is 4.05. The summed E-state index contributed by atoms with van der Waals surface area (Å²) in [6, 6.07) is 0. The summed E-state index contributed by atoms with van der Waals surface area (Å²) >= 11 is 0. The second-order valence-electron chi connectivity index (χ2n) is 6.23. The average Bonchev–Trinajstić information content (AvgIpc) is 3.09. The summed E-state index contributed by atoms with van der Waals surface area (Å²) in [4.78, 5) is 12.2. The van der Waals surface area contributed by atoms with Crippen LogP contribution in [0, 0.1) is 23.7 Å². The van der Waals surface area contributed by atoms with Crippen molar-refractivity contribution in [2.45, 2.75) is 65.2 Å². The molecule has 2 unspecified atom stereocenters. The molecule has 0 amide bonds. The van der Waals surface area contributed by atoms with Crippen molar-refractivity contribution in [1.29, 1.82) is 0 Å². The van der Waals surface area contributed by atoms with Crippen molar-refractivity contribution >= 4 is 5.78 Å². The summed E-state index contributed by atoms with van der Waals surface area (Å²) in [6.07, 6.45) is 10.8. The number of carbonyl (C=O) groups is 1. The second kappa shape index (κ2) is 5.33. The maximum absolute atomic E-state index is 12.2. The number of Topliss-reactive ketones (excluding diaryl/α,β-unsaturated/α-hetero) is 1. The Morgan fingerprint density at radius 2 is 1.75 bits per heavy atom. The average molecular weight is 222 g/mol. The molecule has 92 valence electrons. The molecule has 0 saturated heterocycles. The van der Waals surface area contributed by atoms with E-state index in [9.17, 15) is 4.79 Å². The zero-order valence-electron chi connectivity index (χ0n) is 10.9. The third kappa shape index (κ3) is 3.09. The monoisotopic (exact) mass is 222 g/mol. The van der Waals surface area contributed by atoms with Crippen molar-refractivity contribution in [2.24, 2.45) is 23.7 Å². The van der Waals surface area contributed by atoms with Crippen LogP contribution in [0.5, 0.6) is 0 Å². The minimum atomic E-state index is 0.242. The molecule has 2 aliphatic rings. The Labute approximate surface area is 100.0 Å². The van der Waals surface area contributed by atoms with Crippen LogP contribution < -0.4 is 0 Å². The zero-order chi connectivity index (χ0) is 11.5. The number of hydrogen-bond donors (Lipinski definition) is 0. The van der Waals surface area contributed by atoms with E-state index < -0.39 is 0 Å². The lowest BCUT2D eigenvalue weighted by molar-refractivity contribution is -0.128. The lowest BCUT2D eigenvalue weighted by atomic mass is 9.72. The normalized spacial score (nSPS) is 30.7. The molecule has 2 rings (SSSR count). The Hall–Kier alpha value is -0.330. The molecule has 2 saturated carbocycles. The van der Waals surface area contributed by atoms with Crippen LogP contribution in [-0.2, 0) is 4.79 Å². The summed E-state index contributed by atoms with van der Waals surface area (Å²) in [5.74, 6) is 2.94. The van der Waals surface area contributed by atoms with Crippen molar-refractivity contribution < 1.29 is 4.79 Å². The fourth-order valence-electron chi connectivity index (χ4n) is 3.21. The topological polar surface area (TPSA) is 17.1 Å². The van der Waals surface area contributed by atoms with Crippen LogP contribution in [0.3, 0.4) is 0 Å². The Balaban J connectivity index is 1.87. The highest BCUT2D eigenvalue weighted by Gasteiger charge is 2.33. The molecule has 0 aromatic carbocycles. The van der Waals surface area contributed by atoms with Crippen molar-refractivity contribution in [3.63, 3.8) is 0 Å². The Morgan fingerprint density at radius 3 is 2.38 bits per heavy atom. The summed E-state index contributed by atoms with van der Waals surface area (Å²) in [6.45, 7) is 4.13. The number of hydrogen-bond acceptors (Lipinski definition) is 1. The lowest BCUT2D eigenvalue weighted by Crippen LogP contribution is -2.30. The van der Waals surface area contributed by atoms with Crippen molar-refractivity contribution in [3.05, 3.63) is 0 Å². The third-order valence-corrected chi connectivity index (χ3v) is 4.49. The molecule has 2 fully saturated rings. The van der Waals surface area contributed by atoms with Gasteiger partial charge in [0.25, 0.3) is 0 Å². The fourth-order valence-corrected chi connectivity index (χ4v) is 3.21. The molecule has 0 aromatic rings. The number of ketones is 1. The van der Waals surface area contributed by atoms with Gasteiger partial charge in [0.05, 0.1) is 0 Å². The highest BCUT2D eigenvalue weighted by atomic mass is 16.1. The molecular formula is C15H26O. The summed E-state index contributed by atoms with van der Waals surface area (Å²) < 4.78 is 0. The van der Waals surface area contributed by atoms with E-state index in [1.54, 1.807) is 0 Å². The molecule has 0 spiro atoms. The van der Waals surface area contributed by atoms with E-state index in [2.05, 4.69) is 13.8 Å². The maximum atomic E-state index is 12.2. The molecule has 0 aromatic heterocycles. The minimum Gasteiger partial charge on any atom is -0.299 e. The largest absolute Gasteiger partial charge is 0.299 e. The third-order valence-electron chi connectivity index (χ3n) is 4.49. The Morgan fingerprint density at radius 1 is 1.06 bits per heavy atom. The van der Waals surface area contributed by atoms with Gasteiger partial charge in [-0.1, -0.05) is 46.0 Å². The molecule has 0 bridgehead atoms. The van der Waals surface area contributed by atoms with Gasteiger partial charge in [-0.25, -0.2) is 0 Å². The van der Waals surface area contributed by atoms with E-state index >= 15 is 0 Å². The first-order chi connectivity index (χ1) is 7.68. The zero-order valence-corrected chi connectivity index (χ0v) is 10.9. The first-order valence-electron chi connectivity index (χ1n) is 7.22. The molecule has 0 radical (unpaired) electrons. The standard InChI is InChI=1S/C15H26O/c1-11(2)15(16)14-6-4-3-5-13(14)10-9-12-7-8-12/h11-14H,3-10H2,1-2H3. The van der Waals surface area contributed by atoms with Gasteiger partial charge < -0.3 is 0 Å². The van der Waals surface area contributed by atoms with E-state index in [4.69, 9.17) is 0 Å². The molecule has 1 nitrogen and oxygen atoms in total. The van der Waals surface area contributed by atoms with Crippen LogP contribution in [0.4, 0.5) is 0 Å². The van der Waals surface area contributed by atoms with Gasteiger partial charge in [-0.3, -0.25) is 4.79 Å². The maximum Gasteiger partial charge on any atom is 0.138 e. The van der Waals surface area contributed by atoms with Gasteiger partial charge in [-0.2, -0.15) is 0 Å². The van der Waals surface area contributed by atoms with Crippen LogP contribution in [-0.4, -0.2) is 5.78 Å². The van der Waals surface area contributed by atoms with E-state index in [1.807, 2.05) is 0 Å². The van der Waals surface area contributed by atoms with Crippen molar-refractivity contribution in [2.75, 3.05) is 0 Å². The van der Waals surface area contributed by atoms with E-state index in [0.29, 0.717) is 11.7 Å². The summed E-state index contributed by atoms with van der Waals surface area (Å²) in [7, 11) is 0. The van der Waals surface area contributed by atoms with Crippen molar-refractivity contribution in [1.82, 2.24) is 0 Å². The quantitative estimate of drug-likeness (QED) is 0.681. The highest BCUT2D eigenvalue weighted by molar-refractivity contribution is 5.83. The van der Waals surface area contributed by atoms with Gasteiger partial charge >= 0.3 is 0 Å².